The van der Waals surface area contributed by atoms with Crippen molar-refractivity contribution < 1.29 is 34.7 Å². The Hall–Kier alpha value is -3.44. The highest BCUT2D eigenvalue weighted by atomic mass is 35.5. The highest BCUT2D eigenvalue weighted by Crippen LogP contribution is 2.36. The molecule has 4 aromatic rings. The van der Waals surface area contributed by atoms with Gasteiger partial charge in [0.1, 0.15) is 30.2 Å². The molecule has 1 aliphatic rings. The number of fused-ring (bicyclic) bond motifs is 1. The van der Waals surface area contributed by atoms with Crippen LogP contribution in [0.3, 0.4) is 0 Å². The summed E-state index contributed by atoms with van der Waals surface area (Å²) in [5, 5.41) is 41.4. The smallest absolute Gasteiger partial charge is 0.229 e. The van der Waals surface area contributed by atoms with Crippen LogP contribution in [-0.4, -0.2) is 82.2 Å². The molecule has 5 rings (SSSR count). The fraction of sp³-hybridized carbons (Fsp3) is 0.276. The van der Waals surface area contributed by atoms with Gasteiger partial charge in [-0.3, -0.25) is 4.79 Å². The van der Waals surface area contributed by atoms with Crippen LogP contribution >= 0.6 is 11.6 Å². The molecular weight excluding hydrogens is 524 g/mol. The van der Waals surface area contributed by atoms with Gasteiger partial charge in [0.25, 0.3) is 0 Å². The Morgan fingerprint density at radius 2 is 1.72 bits per heavy atom. The molecular formula is C29H29ClN2O7. The van der Waals surface area contributed by atoms with Crippen molar-refractivity contribution in [1.82, 2.24) is 4.57 Å². The summed E-state index contributed by atoms with van der Waals surface area (Å²) in [7, 11) is 3.86. The predicted molar refractivity (Wildman–Crippen MR) is 147 cm³/mol. The molecule has 2 heterocycles. The van der Waals surface area contributed by atoms with E-state index in [2.05, 4.69) is 0 Å². The number of aliphatic hydroxyl groups excluding tert-OH is 4. The third-order valence-corrected chi connectivity index (χ3v) is 7.11. The second kappa shape index (κ2) is 11.0. The number of aromatic nitrogens is 1. The Labute approximate surface area is 230 Å². The lowest BCUT2D eigenvalue weighted by atomic mass is 9.99. The van der Waals surface area contributed by atoms with Crippen LogP contribution in [-0.2, 0) is 4.74 Å². The molecule has 39 heavy (non-hydrogen) atoms. The first-order valence-corrected chi connectivity index (χ1v) is 12.8. The van der Waals surface area contributed by atoms with E-state index >= 15 is 0 Å². The molecule has 4 N–H and O–H groups in total. The van der Waals surface area contributed by atoms with Gasteiger partial charge in [-0.15, -0.1) is 0 Å². The largest absolute Gasteiger partial charge is 0.460 e. The summed E-state index contributed by atoms with van der Waals surface area (Å²) in [4.78, 5) is 15.6. The topological polar surface area (TPSA) is 125 Å². The lowest BCUT2D eigenvalue weighted by Crippen LogP contribution is -2.60. The van der Waals surface area contributed by atoms with Crippen LogP contribution in [0, 0.1) is 0 Å². The number of hydrogen-bond donors (Lipinski definition) is 4. The number of halogens is 1. The molecule has 1 aromatic heterocycles. The van der Waals surface area contributed by atoms with Crippen molar-refractivity contribution in [3.05, 3.63) is 89.1 Å². The van der Waals surface area contributed by atoms with Crippen LogP contribution in [0.2, 0.25) is 5.02 Å². The molecule has 0 saturated carbocycles. The summed E-state index contributed by atoms with van der Waals surface area (Å²) in [5.74, 6) is 0.111. The van der Waals surface area contributed by atoms with Gasteiger partial charge >= 0.3 is 0 Å². The normalized spacial score (nSPS) is 23.1. The third-order valence-electron chi connectivity index (χ3n) is 6.88. The number of carbonyl (C=O) groups is 1. The molecule has 0 amide bonds. The minimum atomic E-state index is -1.58. The van der Waals surface area contributed by atoms with E-state index in [0.29, 0.717) is 32.7 Å². The van der Waals surface area contributed by atoms with Crippen molar-refractivity contribution in [3.8, 4) is 11.4 Å². The number of anilines is 1. The summed E-state index contributed by atoms with van der Waals surface area (Å²) < 4.78 is 13.3. The quantitative estimate of drug-likeness (QED) is 0.258. The third kappa shape index (κ3) is 5.12. The van der Waals surface area contributed by atoms with Crippen molar-refractivity contribution in [2.45, 2.75) is 30.7 Å². The zero-order valence-corrected chi connectivity index (χ0v) is 22.1. The number of carbonyl (C=O) groups excluding carboxylic acids is 1. The Morgan fingerprint density at radius 1 is 1.00 bits per heavy atom. The molecule has 0 bridgehead atoms. The lowest BCUT2D eigenvalue weighted by Gasteiger charge is -2.39. The Balaban J connectivity index is 1.56. The number of para-hydroxylation sites is 1. The molecule has 10 heteroatoms. The van der Waals surface area contributed by atoms with Gasteiger partial charge in [0.05, 0.1) is 24.0 Å². The van der Waals surface area contributed by atoms with Crippen LogP contribution in [0.5, 0.6) is 5.75 Å². The summed E-state index contributed by atoms with van der Waals surface area (Å²) in [5.41, 5.74) is 3.16. The maximum Gasteiger partial charge on any atom is 0.229 e. The van der Waals surface area contributed by atoms with E-state index in [1.54, 1.807) is 59.3 Å². The Bertz CT molecular complexity index is 1490. The van der Waals surface area contributed by atoms with E-state index in [1.807, 2.05) is 37.2 Å². The van der Waals surface area contributed by atoms with Gasteiger partial charge in [-0.05, 0) is 54.6 Å². The Morgan fingerprint density at radius 3 is 2.41 bits per heavy atom. The second-order valence-electron chi connectivity index (χ2n) is 9.63. The van der Waals surface area contributed by atoms with Crippen molar-refractivity contribution in [2.75, 3.05) is 25.6 Å². The number of nitrogens with zero attached hydrogens (tertiary/aromatic N) is 2. The number of hydrogen-bond acceptors (Lipinski definition) is 8. The fourth-order valence-corrected chi connectivity index (χ4v) is 4.86. The van der Waals surface area contributed by atoms with E-state index in [1.165, 1.54) is 0 Å². The minimum absolute atomic E-state index is 0.170. The molecule has 0 aliphatic carbocycles. The van der Waals surface area contributed by atoms with Crippen LogP contribution in [0.15, 0.2) is 72.9 Å². The summed E-state index contributed by atoms with van der Waals surface area (Å²) >= 11 is 6.34. The molecule has 0 spiro atoms. The molecule has 9 nitrogen and oxygen atoms in total. The van der Waals surface area contributed by atoms with Gasteiger partial charge in [0, 0.05) is 41.3 Å². The molecule has 3 aromatic carbocycles. The standard InChI is InChI=1S/C29H29ClN2O7/c1-31(2)18-10-7-16(8-11-18)25(34)20-5-3-4-6-21(20)32-14-23(19-12-9-17(30)13-22(19)32)38-29-28(37)27(36)26(35)24(15-33)39-29/h3-14,24,26-29,33,35-37H,15H2,1-2H3/t24-,26+,27+,28-,29+/m1/s1. The van der Waals surface area contributed by atoms with Crippen LogP contribution in [0.1, 0.15) is 15.9 Å². The highest BCUT2D eigenvalue weighted by molar-refractivity contribution is 6.31. The summed E-state index contributed by atoms with van der Waals surface area (Å²) in [6.07, 6.45) is -5.51. The fourth-order valence-electron chi connectivity index (χ4n) is 4.69. The van der Waals surface area contributed by atoms with Gasteiger partial charge in [0.15, 0.2) is 5.78 Å². The minimum Gasteiger partial charge on any atom is -0.460 e. The summed E-state index contributed by atoms with van der Waals surface area (Å²) in [6.45, 7) is -0.576. The van der Waals surface area contributed by atoms with Crippen molar-refractivity contribution >= 4 is 34.0 Å². The van der Waals surface area contributed by atoms with Crippen molar-refractivity contribution in [3.63, 3.8) is 0 Å². The highest BCUT2D eigenvalue weighted by Gasteiger charge is 2.45. The van der Waals surface area contributed by atoms with Gasteiger partial charge in [-0.1, -0.05) is 23.7 Å². The van der Waals surface area contributed by atoms with E-state index in [-0.39, 0.29) is 11.5 Å². The first kappa shape index (κ1) is 27.1. The van der Waals surface area contributed by atoms with E-state index in [9.17, 15) is 25.2 Å². The molecule has 1 fully saturated rings. The van der Waals surface area contributed by atoms with Gasteiger partial charge in [-0.25, -0.2) is 0 Å². The molecule has 0 radical (unpaired) electrons. The van der Waals surface area contributed by atoms with Gasteiger partial charge in [0.2, 0.25) is 6.29 Å². The van der Waals surface area contributed by atoms with Crippen LogP contribution in [0.25, 0.3) is 16.6 Å². The van der Waals surface area contributed by atoms with Crippen molar-refractivity contribution in [2.24, 2.45) is 0 Å². The average Bonchev–Trinajstić information content (AvgIpc) is 3.29. The van der Waals surface area contributed by atoms with E-state index in [4.69, 9.17) is 21.1 Å². The maximum absolute atomic E-state index is 13.6. The molecule has 0 unspecified atom stereocenters. The summed E-state index contributed by atoms with van der Waals surface area (Å²) in [6, 6.07) is 19.6. The van der Waals surface area contributed by atoms with E-state index < -0.39 is 37.3 Å². The number of benzene rings is 3. The zero-order valence-electron chi connectivity index (χ0n) is 21.3. The first-order valence-electron chi connectivity index (χ1n) is 12.4. The number of aliphatic hydroxyl groups is 4. The maximum atomic E-state index is 13.6. The second-order valence-corrected chi connectivity index (χ2v) is 10.1. The zero-order chi connectivity index (χ0) is 27.8. The molecule has 1 aliphatic heterocycles. The average molecular weight is 553 g/mol. The number of rotatable bonds is 7. The van der Waals surface area contributed by atoms with Crippen LogP contribution in [0.4, 0.5) is 5.69 Å². The monoisotopic (exact) mass is 552 g/mol. The number of ketones is 1. The molecule has 1 saturated heterocycles. The predicted octanol–water partition coefficient (Wildman–Crippen LogP) is 2.76. The van der Waals surface area contributed by atoms with Gasteiger partial charge in [-0.2, -0.15) is 0 Å². The molecule has 204 valence electrons. The van der Waals surface area contributed by atoms with E-state index in [0.717, 1.165) is 5.69 Å². The first-order chi connectivity index (χ1) is 18.7. The molecule has 5 atom stereocenters. The SMILES string of the molecule is CN(C)c1ccc(C(=O)c2ccccc2-n2cc(O[C@H]3O[C@H](CO)[C@H](O)[C@H](O)[C@H]3O)c3ccc(Cl)cc32)cc1. The Kier molecular flexibility index (Phi) is 7.64. The number of ether oxygens (including phenoxy) is 2. The van der Waals surface area contributed by atoms with Crippen LogP contribution < -0.4 is 9.64 Å². The van der Waals surface area contributed by atoms with Crippen molar-refractivity contribution in [1.29, 1.82) is 0 Å². The van der Waals surface area contributed by atoms with Gasteiger partial charge < -0.3 is 39.4 Å². The lowest BCUT2D eigenvalue weighted by molar-refractivity contribution is -0.277.